The minimum Gasteiger partial charge on any atom is -0.396 e. The number of piperazine rings is 1. The molecule has 3 aliphatic rings. The van der Waals surface area contributed by atoms with Crippen molar-refractivity contribution in [2.75, 3.05) is 45.9 Å². The highest BCUT2D eigenvalue weighted by Gasteiger charge is 2.33. The van der Waals surface area contributed by atoms with Crippen molar-refractivity contribution in [3.8, 4) is 0 Å². The van der Waals surface area contributed by atoms with Crippen molar-refractivity contribution in [3.05, 3.63) is 0 Å². The van der Waals surface area contributed by atoms with Gasteiger partial charge in [0.2, 0.25) is 0 Å². The van der Waals surface area contributed by atoms with Crippen LogP contribution in [-0.2, 0) is 0 Å². The van der Waals surface area contributed by atoms with Crippen LogP contribution in [0.2, 0.25) is 0 Å². The monoisotopic (exact) mass is 365 g/mol. The highest BCUT2D eigenvalue weighted by Crippen LogP contribution is 2.29. The summed E-state index contributed by atoms with van der Waals surface area (Å²) in [4.78, 5) is 8.08. The number of hydrogen-bond acceptors (Lipinski definition) is 4. The maximum Gasteiger partial charge on any atom is 0.0446 e. The van der Waals surface area contributed by atoms with Crippen molar-refractivity contribution in [1.82, 2.24) is 14.7 Å². The number of aliphatic hydroxyl groups excluding tert-OH is 1. The molecular weight excluding hydrogens is 322 g/mol. The van der Waals surface area contributed by atoms with Crippen LogP contribution in [0.5, 0.6) is 0 Å². The Kier molecular flexibility index (Phi) is 8.23. The van der Waals surface area contributed by atoms with Gasteiger partial charge < -0.3 is 14.9 Å². The summed E-state index contributed by atoms with van der Waals surface area (Å²) < 4.78 is 0. The third-order valence-corrected chi connectivity index (χ3v) is 7.33. The van der Waals surface area contributed by atoms with E-state index in [1.54, 1.807) is 0 Å². The molecule has 1 N–H and O–H groups in total. The molecule has 2 heterocycles. The van der Waals surface area contributed by atoms with Gasteiger partial charge in [0, 0.05) is 44.4 Å². The van der Waals surface area contributed by atoms with Crippen LogP contribution in [0.15, 0.2) is 0 Å². The van der Waals surface area contributed by atoms with E-state index in [2.05, 4.69) is 28.5 Å². The van der Waals surface area contributed by atoms with Crippen LogP contribution in [0, 0.1) is 5.92 Å². The summed E-state index contributed by atoms with van der Waals surface area (Å²) in [6.45, 7) is 12.4. The van der Waals surface area contributed by atoms with Gasteiger partial charge in [-0.15, -0.1) is 0 Å². The van der Waals surface area contributed by atoms with E-state index in [1.165, 1.54) is 90.6 Å². The molecule has 0 aromatic rings. The first kappa shape index (κ1) is 20.6. The third kappa shape index (κ3) is 5.67. The fourth-order valence-electron chi connectivity index (χ4n) is 5.66. The lowest BCUT2D eigenvalue weighted by molar-refractivity contribution is 0.00169. The summed E-state index contributed by atoms with van der Waals surface area (Å²) in [5.74, 6) is 1.02. The summed E-state index contributed by atoms with van der Waals surface area (Å²) >= 11 is 0. The first-order valence-corrected chi connectivity index (χ1v) is 11.5. The molecule has 1 aliphatic carbocycles. The van der Waals surface area contributed by atoms with Gasteiger partial charge >= 0.3 is 0 Å². The largest absolute Gasteiger partial charge is 0.396 e. The van der Waals surface area contributed by atoms with Crippen LogP contribution in [0.1, 0.15) is 71.6 Å². The first-order chi connectivity index (χ1) is 12.7. The van der Waals surface area contributed by atoms with Crippen molar-refractivity contribution in [2.45, 2.75) is 89.8 Å². The zero-order chi connectivity index (χ0) is 18.4. The van der Waals surface area contributed by atoms with Crippen molar-refractivity contribution >= 4 is 0 Å². The van der Waals surface area contributed by atoms with Gasteiger partial charge in [0.25, 0.3) is 0 Å². The zero-order valence-electron chi connectivity index (χ0n) is 17.4. The van der Waals surface area contributed by atoms with Crippen LogP contribution in [0.4, 0.5) is 0 Å². The molecule has 2 aliphatic heterocycles. The van der Waals surface area contributed by atoms with Crippen LogP contribution in [0.25, 0.3) is 0 Å². The molecule has 1 atom stereocenters. The molecule has 3 fully saturated rings. The van der Waals surface area contributed by atoms with Gasteiger partial charge in [-0.25, -0.2) is 0 Å². The molecule has 0 radical (unpaired) electrons. The summed E-state index contributed by atoms with van der Waals surface area (Å²) in [7, 11) is 0. The first-order valence-electron chi connectivity index (χ1n) is 11.5. The van der Waals surface area contributed by atoms with Crippen molar-refractivity contribution in [1.29, 1.82) is 0 Å². The summed E-state index contributed by atoms with van der Waals surface area (Å²) in [6.07, 6.45) is 12.3. The Morgan fingerprint density at radius 2 is 1.65 bits per heavy atom. The fraction of sp³-hybridized carbons (Fsp3) is 1.00. The lowest BCUT2D eigenvalue weighted by Gasteiger charge is -2.48. The average Bonchev–Trinajstić information content (AvgIpc) is 3.16. The molecule has 1 unspecified atom stereocenters. The van der Waals surface area contributed by atoms with Gasteiger partial charge in [-0.3, -0.25) is 4.90 Å². The van der Waals surface area contributed by atoms with Gasteiger partial charge in [0.05, 0.1) is 0 Å². The minimum absolute atomic E-state index is 0.335. The molecule has 0 amide bonds. The molecule has 0 bridgehead atoms. The van der Waals surface area contributed by atoms with E-state index in [0.717, 1.165) is 18.4 Å². The topological polar surface area (TPSA) is 30.0 Å². The maximum absolute atomic E-state index is 9.60. The normalized spacial score (nSPS) is 28.4. The van der Waals surface area contributed by atoms with Gasteiger partial charge in [-0.2, -0.15) is 0 Å². The van der Waals surface area contributed by atoms with Gasteiger partial charge in [0.15, 0.2) is 0 Å². The second-order valence-electron chi connectivity index (χ2n) is 9.36. The SMILES string of the molecule is CC(C)N1CCC(N2CCN(CCCC3CCCC3)CC2CCO)CC1. The van der Waals surface area contributed by atoms with E-state index in [1.807, 2.05) is 0 Å². The van der Waals surface area contributed by atoms with E-state index >= 15 is 0 Å². The number of piperidine rings is 1. The van der Waals surface area contributed by atoms with Crippen LogP contribution in [-0.4, -0.2) is 83.8 Å². The molecule has 1 saturated carbocycles. The Bertz CT molecular complexity index is 389. The molecule has 0 aromatic heterocycles. The van der Waals surface area contributed by atoms with E-state index in [4.69, 9.17) is 0 Å². The number of nitrogens with zero attached hydrogens (tertiary/aromatic N) is 3. The molecule has 0 aromatic carbocycles. The Hall–Kier alpha value is -0.160. The van der Waals surface area contributed by atoms with E-state index in [-0.39, 0.29) is 0 Å². The lowest BCUT2D eigenvalue weighted by atomic mass is 9.97. The summed E-state index contributed by atoms with van der Waals surface area (Å²) in [6, 6.07) is 1.99. The average molecular weight is 366 g/mol. The zero-order valence-corrected chi connectivity index (χ0v) is 17.4. The highest BCUT2D eigenvalue weighted by atomic mass is 16.3. The molecular formula is C22H43N3O. The lowest BCUT2D eigenvalue weighted by Crippen LogP contribution is -2.59. The predicted molar refractivity (Wildman–Crippen MR) is 110 cm³/mol. The minimum atomic E-state index is 0.335. The smallest absolute Gasteiger partial charge is 0.0446 e. The van der Waals surface area contributed by atoms with E-state index in [9.17, 15) is 5.11 Å². The summed E-state index contributed by atoms with van der Waals surface area (Å²) in [5, 5.41) is 9.60. The number of rotatable bonds is 8. The van der Waals surface area contributed by atoms with Gasteiger partial charge in [-0.05, 0) is 71.5 Å². The molecule has 3 rings (SSSR count). The Balaban J connectivity index is 1.43. The Morgan fingerprint density at radius 1 is 0.923 bits per heavy atom. The van der Waals surface area contributed by atoms with Crippen molar-refractivity contribution in [2.24, 2.45) is 5.92 Å². The van der Waals surface area contributed by atoms with E-state index < -0.39 is 0 Å². The van der Waals surface area contributed by atoms with Gasteiger partial charge in [-0.1, -0.05) is 25.7 Å². The number of likely N-dealkylation sites (tertiary alicyclic amines) is 1. The summed E-state index contributed by atoms with van der Waals surface area (Å²) in [5.41, 5.74) is 0. The van der Waals surface area contributed by atoms with Crippen LogP contribution in [0.3, 0.4) is 0 Å². The second-order valence-corrected chi connectivity index (χ2v) is 9.36. The molecule has 26 heavy (non-hydrogen) atoms. The quantitative estimate of drug-likeness (QED) is 0.715. The standard InChI is InChI=1S/C22H43N3O/c1-19(2)24-13-9-21(10-14-24)25-16-15-23(18-22(25)11-17-26)12-5-8-20-6-3-4-7-20/h19-22,26H,3-18H2,1-2H3. The van der Waals surface area contributed by atoms with Gasteiger partial charge in [0.1, 0.15) is 0 Å². The van der Waals surface area contributed by atoms with Crippen LogP contribution < -0.4 is 0 Å². The molecule has 2 saturated heterocycles. The third-order valence-electron chi connectivity index (χ3n) is 7.33. The molecule has 152 valence electrons. The number of hydrogen-bond donors (Lipinski definition) is 1. The van der Waals surface area contributed by atoms with E-state index in [0.29, 0.717) is 18.7 Å². The van der Waals surface area contributed by atoms with Crippen LogP contribution >= 0.6 is 0 Å². The maximum atomic E-state index is 9.60. The molecule has 4 heteroatoms. The Morgan fingerprint density at radius 3 is 2.31 bits per heavy atom. The molecule has 4 nitrogen and oxygen atoms in total. The number of aliphatic hydroxyl groups is 1. The fourth-order valence-corrected chi connectivity index (χ4v) is 5.66. The van der Waals surface area contributed by atoms with Crippen molar-refractivity contribution < 1.29 is 5.11 Å². The Labute approximate surface area is 161 Å². The predicted octanol–water partition coefficient (Wildman–Crippen LogP) is 3.20. The molecule has 0 spiro atoms. The van der Waals surface area contributed by atoms with Crippen molar-refractivity contribution in [3.63, 3.8) is 0 Å². The second kappa shape index (κ2) is 10.4. The highest BCUT2D eigenvalue weighted by molar-refractivity contribution is 4.90.